The van der Waals surface area contributed by atoms with E-state index in [0.29, 0.717) is 0 Å². The third kappa shape index (κ3) is 1.22. The van der Waals surface area contributed by atoms with E-state index in [4.69, 9.17) is 5.73 Å². The number of hydrogen-bond acceptors (Lipinski definition) is 4. The molecular weight excluding hydrogens is 118 g/mol. The average molecular weight is 123 g/mol. The highest BCUT2D eigenvalue weighted by atomic mass is 16.1. The van der Waals surface area contributed by atoms with Gasteiger partial charge in [0.05, 0.1) is 0 Å². The molecule has 0 spiro atoms. The van der Waals surface area contributed by atoms with Gasteiger partial charge in [-0.15, -0.1) is 5.10 Å². The fourth-order valence-corrected chi connectivity index (χ4v) is 0.400. The molecule has 0 aliphatic carbocycles. The maximum atomic E-state index is 10.5. The van der Waals surface area contributed by atoms with Crippen LogP contribution in [0.3, 0.4) is 0 Å². The van der Waals surface area contributed by atoms with Crippen molar-refractivity contribution in [1.29, 1.82) is 0 Å². The summed E-state index contributed by atoms with van der Waals surface area (Å²) in [6.07, 6.45) is 1.40. The standard InChI is InChI=1S/C5H5N3O/c6-4-2-1-3-7-8-5(4)9/h1-3H,(H2,6,8,9). The van der Waals surface area contributed by atoms with Gasteiger partial charge in [0.1, 0.15) is 5.69 Å². The van der Waals surface area contributed by atoms with Crippen LogP contribution in [0.4, 0.5) is 5.69 Å². The van der Waals surface area contributed by atoms with Crippen molar-refractivity contribution in [2.45, 2.75) is 0 Å². The summed E-state index contributed by atoms with van der Waals surface area (Å²) in [5.74, 6) is 0. The second-order valence-electron chi connectivity index (χ2n) is 1.48. The molecule has 0 unspecified atom stereocenters. The van der Waals surface area contributed by atoms with Crippen LogP contribution >= 0.6 is 0 Å². The van der Waals surface area contributed by atoms with E-state index in [1.165, 1.54) is 12.3 Å². The summed E-state index contributed by atoms with van der Waals surface area (Å²) in [5.41, 5.74) is 4.82. The Kier molecular flexibility index (Phi) is 1.40. The highest BCUT2D eigenvalue weighted by Gasteiger charge is 1.86. The molecule has 1 heterocycles. The molecule has 0 atom stereocenters. The van der Waals surface area contributed by atoms with E-state index in [0.717, 1.165) is 0 Å². The van der Waals surface area contributed by atoms with Crippen molar-refractivity contribution in [1.82, 2.24) is 10.2 Å². The Morgan fingerprint density at radius 3 is 3.11 bits per heavy atom. The SMILES string of the molecule is Nc1cccnnc1=O. The summed E-state index contributed by atoms with van der Waals surface area (Å²) in [6, 6.07) is 3.02. The number of anilines is 1. The Bertz CT molecular complexity index is 260. The Morgan fingerprint density at radius 1 is 1.56 bits per heavy atom. The van der Waals surface area contributed by atoms with Gasteiger partial charge in [-0.05, 0) is 12.1 Å². The molecule has 0 aliphatic heterocycles. The van der Waals surface area contributed by atoms with E-state index in [2.05, 4.69) is 10.2 Å². The van der Waals surface area contributed by atoms with E-state index in [-0.39, 0.29) is 5.69 Å². The fraction of sp³-hybridized carbons (Fsp3) is 0. The van der Waals surface area contributed by atoms with E-state index >= 15 is 0 Å². The van der Waals surface area contributed by atoms with Crippen molar-refractivity contribution in [2.24, 2.45) is 0 Å². The van der Waals surface area contributed by atoms with Crippen LogP contribution in [0.1, 0.15) is 0 Å². The number of rotatable bonds is 0. The van der Waals surface area contributed by atoms with E-state index < -0.39 is 5.56 Å². The monoisotopic (exact) mass is 123 g/mol. The quantitative estimate of drug-likeness (QED) is 0.501. The summed E-state index contributed by atoms with van der Waals surface area (Å²) in [6.45, 7) is 0. The summed E-state index contributed by atoms with van der Waals surface area (Å²) in [5, 5.41) is 6.58. The summed E-state index contributed by atoms with van der Waals surface area (Å²) in [4.78, 5) is 10.5. The molecule has 0 radical (unpaired) electrons. The number of aromatic nitrogens is 2. The maximum absolute atomic E-state index is 10.5. The first-order chi connectivity index (χ1) is 4.30. The van der Waals surface area contributed by atoms with Gasteiger partial charge >= 0.3 is 5.56 Å². The van der Waals surface area contributed by atoms with Gasteiger partial charge in [0.25, 0.3) is 0 Å². The molecule has 2 N–H and O–H groups in total. The van der Waals surface area contributed by atoms with Gasteiger partial charge in [-0.3, -0.25) is 4.79 Å². The highest BCUT2D eigenvalue weighted by molar-refractivity contribution is 5.31. The van der Waals surface area contributed by atoms with Crippen LogP contribution in [0, 0.1) is 0 Å². The van der Waals surface area contributed by atoms with Gasteiger partial charge in [-0.2, -0.15) is 5.10 Å². The summed E-state index contributed by atoms with van der Waals surface area (Å²) < 4.78 is 0. The van der Waals surface area contributed by atoms with Crippen LogP contribution < -0.4 is 11.3 Å². The van der Waals surface area contributed by atoms with Crippen LogP contribution in [0.5, 0.6) is 0 Å². The van der Waals surface area contributed by atoms with Crippen molar-refractivity contribution in [3.05, 3.63) is 28.7 Å². The average Bonchev–Trinajstić information content (AvgIpc) is 1.99. The molecule has 46 valence electrons. The van der Waals surface area contributed by atoms with Crippen molar-refractivity contribution >= 4 is 5.69 Å². The summed E-state index contributed by atoms with van der Waals surface area (Å²) >= 11 is 0. The van der Waals surface area contributed by atoms with Gasteiger partial charge < -0.3 is 5.73 Å². The molecule has 1 aromatic heterocycles. The second-order valence-corrected chi connectivity index (χ2v) is 1.48. The topological polar surface area (TPSA) is 68.9 Å². The molecular formula is C5H5N3O. The molecule has 0 amide bonds. The zero-order valence-corrected chi connectivity index (χ0v) is 4.61. The lowest BCUT2D eigenvalue weighted by Gasteiger charge is -1.73. The minimum Gasteiger partial charge on any atom is -0.394 e. The summed E-state index contributed by atoms with van der Waals surface area (Å²) in [7, 11) is 0. The smallest absolute Gasteiger partial charge is 0.311 e. The van der Waals surface area contributed by atoms with E-state index in [9.17, 15) is 4.79 Å². The number of nitrogens with two attached hydrogens (primary N) is 1. The predicted octanol–water partition coefficient (Wildman–Crippen LogP) is -0.581. The van der Waals surface area contributed by atoms with E-state index in [1.54, 1.807) is 6.07 Å². The number of nitrogens with zero attached hydrogens (tertiary/aromatic N) is 2. The molecule has 0 bridgehead atoms. The highest BCUT2D eigenvalue weighted by Crippen LogP contribution is 1.82. The predicted molar refractivity (Wildman–Crippen MR) is 32.7 cm³/mol. The number of nitrogen functional groups attached to an aromatic ring is 1. The Morgan fingerprint density at radius 2 is 2.33 bits per heavy atom. The van der Waals surface area contributed by atoms with Crippen molar-refractivity contribution in [3.63, 3.8) is 0 Å². The van der Waals surface area contributed by atoms with E-state index in [1.807, 2.05) is 0 Å². The lowest BCUT2D eigenvalue weighted by molar-refractivity contribution is 1.02. The second kappa shape index (κ2) is 2.21. The van der Waals surface area contributed by atoms with Crippen molar-refractivity contribution in [2.75, 3.05) is 5.73 Å². The Hall–Kier alpha value is -1.45. The van der Waals surface area contributed by atoms with Crippen LogP contribution in [0.2, 0.25) is 0 Å². The first-order valence-corrected chi connectivity index (χ1v) is 2.38. The fourth-order valence-electron chi connectivity index (χ4n) is 0.400. The molecule has 1 rings (SSSR count). The molecule has 1 aromatic rings. The minimum absolute atomic E-state index is 0.118. The first-order valence-electron chi connectivity index (χ1n) is 2.38. The zero-order valence-electron chi connectivity index (χ0n) is 4.61. The molecule has 4 heteroatoms. The molecule has 9 heavy (non-hydrogen) atoms. The van der Waals surface area contributed by atoms with Gasteiger partial charge in [-0.25, -0.2) is 0 Å². The van der Waals surface area contributed by atoms with Crippen molar-refractivity contribution in [3.8, 4) is 0 Å². The lowest BCUT2D eigenvalue weighted by Crippen LogP contribution is -2.08. The van der Waals surface area contributed by atoms with Crippen LogP contribution in [-0.4, -0.2) is 10.2 Å². The third-order valence-corrected chi connectivity index (χ3v) is 0.824. The van der Waals surface area contributed by atoms with Crippen LogP contribution in [-0.2, 0) is 0 Å². The number of hydrogen-bond donors (Lipinski definition) is 1. The largest absolute Gasteiger partial charge is 0.394 e. The van der Waals surface area contributed by atoms with Crippen molar-refractivity contribution < 1.29 is 0 Å². The molecule has 0 saturated heterocycles. The van der Waals surface area contributed by atoms with Gasteiger partial charge in [0, 0.05) is 6.20 Å². The normalized spacial score (nSPS) is 8.89. The third-order valence-electron chi connectivity index (χ3n) is 0.824. The lowest BCUT2D eigenvalue weighted by atomic mass is 10.5. The Balaban J connectivity index is 3.42. The minimum atomic E-state index is -0.486. The Labute approximate surface area is 51.4 Å². The molecule has 0 aliphatic rings. The molecule has 4 nitrogen and oxygen atoms in total. The molecule has 0 aromatic carbocycles. The van der Waals surface area contributed by atoms with Gasteiger partial charge in [0.15, 0.2) is 0 Å². The van der Waals surface area contributed by atoms with Crippen LogP contribution in [0.25, 0.3) is 0 Å². The molecule has 0 fully saturated rings. The van der Waals surface area contributed by atoms with Gasteiger partial charge in [0.2, 0.25) is 0 Å². The first kappa shape index (κ1) is 5.68. The maximum Gasteiger partial charge on any atom is 0.311 e. The molecule has 0 saturated carbocycles. The van der Waals surface area contributed by atoms with Crippen LogP contribution in [0.15, 0.2) is 23.1 Å². The zero-order chi connectivity index (χ0) is 6.69. The van der Waals surface area contributed by atoms with Gasteiger partial charge in [-0.1, -0.05) is 0 Å².